The molecule has 122 valence electrons. The minimum absolute atomic E-state index is 0.133. The lowest BCUT2D eigenvalue weighted by Gasteiger charge is -2.15. The molecule has 6 heteroatoms. The molecule has 0 bridgehead atoms. The Labute approximate surface area is 140 Å². The highest BCUT2D eigenvalue weighted by Crippen LogP contribution is 2.15. The van der Waals surface area contributed by atoms with Crippen LogP contribution in [0.4, 0.5) is 17.1 Å². The average molecular weight is 322 g/mol. The number of benzene rings is 2. The summed E-state index contributed by atoms with van der Waals surface area (Å²) in [6.45, 7) is 3.20. The number of hydrogen-bond donors (Lipinski definition) is 3. The number of rotatable bonds is 5. The van der Waals surface area contributed by atoms with Gasteiger partial charge in [-0.05, 0) is 55.5 Å². The summed E-state index contributed by atoms with van der Waals surface area (Å²) in [6, 6.07) is 15.3. The molecule has 0 spiro atoms. The van der Waals surface area contributed by atoms with Gasteiger partial charge in [-0.1, -0.05) is 0 Å². The van der Waals surface area contributed by atoms with Crippen LogP contribution >= 0.6 is 0 Å². The van der Waals surface area contributed by atoms with Crippen molar-refractivity contribution in [3.63, 3.8) is 0 Å². The molecular weight excluding hydrogens is 304 g/mol. The van der Waals surface area contributed by atoms with E-state index in [9.17, 15) is 9.59 Å². The summed E-state index contributed by atoms with van der Waals surface area (Å²) in [5.74, 6) is -0.323. The molecular formula is C18H18N4O2. The van der Waals surface area contributed by atoms with Crippen LogP contribution in [-0.4, -0.2) is 17.9 Å². The Morgan fingerprint density at radius 3 is 1.96 bits per heavy atom. The molecule has 2 amide bonds. The molecule has 6 nitrogen and oxygen atoms in total. The molecule has 0 aliphatic rings. The van der Waals surface area contributed by atoms with Gasteiger partial charge in [0.1, 0.15) is 6.04 Å². The van der Waals surface area contributed by atoms with Crippen LogP contribution in [0.25, 0.3) is 0 Å². The fourth-order valence-electron chi connectivity index (χ4n) is 2.05. The van der Waals surface area contributed by atoms with E-state index < -0.39 is 6.04 Å². The first-order valence-corrected chi connectivity index (χ1v) is 7.43. The molecule has 2 aromatic carbocycles. The SMILES string of the molecule is CC(=O)Nc1ccc(N[C@@H](C)C(=O)Nc2ccc(C#N)cc2)cc1. The second-order valence-electron chi connectivity index (χ2n) is 5.30. The monoisotopic (exact) mass is 322 g/mol. The van der Waals surface area contributed by atoms with Crippen LogP contribution in [0.2, 0.25) is 0 Å². The van der Waals surface area contributed by atoms with Gasteiger partial charge in [0.2, 0.25) is 11.8 Å². The van der Waals surface area contributed by atoms with Crippen molar-refractivity contribution in [2.45, 2.75) is 19.9 Å². The lowest BCUT2D eigenvalue weighted by molar-refractivity contribution is -0.116. The normalized spacial score (nSPS) is 11.0. The highest BCUT2D eigenvalue weighted by molar-refractivity contribution is 5.96. The van der Waals surface area contributed by atoms with Crippen molar-refractivity contribution in [1.82, 2.24) is 0 Å². The Kier molecular flexibility index (Phi) is 5.53. The van der Waals surface area contributed by atoms with Crippen LogP contribution in [-0.2, 0) is 9.59 Å². The molecule has 0 radical (unpaired) electrons. The van der Waals surface area contributed by atoms with E-state index in [1.807, 2.05) is 6.07 Å². The average Bonchev–Trinajstić information content (AvgIpc) is 2.56. The van der Waals surface area contributed by atoms with Gasteiger partial charge >= 0.3 is 0 Å². The first-order valence-electron chi connectivity index (χ1n) is 7.43. The Balaban J connectivity index is 1.93. The number of carbonyl (C=O) groups is 2. The van der Waals surface area contributed by atoms with Crippen molar-refractivity contribution < 1.29 is 9.59 Å². The smallest absolute Gasteiger partial charge is 0.246 e. The van der Waals surface area contributed by atoms with E-state index >= 15 is 0 Å². The minimum atomic E-state index is -0.452. The molecule has 2 rings (SSSR count). The summed E-state index contributed by atoms with van der Waals surface area (Å²) in [7, 11) is 0. The van der Waals surface area contributed by atoms with Crippen molar-refractivity contribution >= 4 is 28.9 Å². The molecule has 2 aromatic rings. The Morgan fingerprint density at radius 2 is 1.42 bits per heavy atom. The highest BCUT2D eigenvalue weighted by atomic mass is 16.2. The summed E-state index contributed by atoms with van der Waals surface area (Å²) < 4.78 is 0. The lowest BCUT2D eigenvalue weighted by atomic mass is 10.2. The molecule has 0 fully saturated rings. The van der Waals surface area contributed by atoms with Gasteiger partial charge in [-0.15, -0.1) is 0 Å². The van der Waals surface area contributed by atoms with Gasteiger partial charge in [-0.25, -0.2) is 0 Å². The number of amides is 2. The molecule has 0 saturated carbocycles. The van der Waals surface area contributed by atoms with Gasteiger partial charge in [-0.2, -0.15) is 5.26 Å². The van der Waals surface area contributed by atoms with Gasteiger partial charge in [0.05, 0.1) is 11.6 Å². The van der Waals surface area contributed by atoms with E-state index in [2.05, 4.69) is 16.0 Å². The largest absolute Gasteiger partial charge is 0.374 e. The van der Waals surface area contributed by atoms with Crippen LogP contribution < -0.4 is 16.0 Å². The second-order valence-corrected chi connectivity index (χ2v) is 5.30. The Hall–Kier alpha value is -3.33. The predicted molar refractivity (Wildman–Crippen MR) is 93.6 cm³/mol. The van der Waals surface area contributed by atoms with Crippen LogP contribution in [0.15, 0.2) is 48.5 Å². The van der Waals surface area contributed by atoms with Crippen molar-refractivity contribution in [2.75, 3.05) is 16.0 Å². The Bertz CT molecular complexity index is 761. The molecule has 3 N–H and O–H groups in total. The maximum absolute atomic E-state index is 12.2. The molecule has 0 aromatic heterocycles. The first kappa shape index (κ1) is 17.0. The zero-order valence-electron chi connectivity index (χ0n) is 13.5. The number of anilines is 3. The summed E-state index contributed by atoms with van der Waals surface area (Å²) in [6.07, 6.45) is 0. The Morgan fingerprint density at radius 1 is 0.917 bits per heavy atom. The zero-order valence-corrected chi connectivity index (χ0v) is 13.5. The maximum Gasteiger partial charge on any atom is 0.246 e. The van der Waals surface area contributed by atoms with Crippen LogP contribution in [0.3, 0.4) is 0 Å². The van der Waals surface area contributed by atoms with Gasteiger partial charge in [0.15, 0.2) is 0 Å². The maximum atomic E-state index is 12.2. The topological polar surface area (TPSA) is 94.0 Å². The third-order valence-electron chi connectivity index (χ3n) is 3.26. The van der Waals surface area contributed by atoms with Gasteiger partial charge in [-0.3, -0.25) is 9.59 Å². The van der Waals surface area contributed by atoms with Gasteiger partial charge in [0.25, 0.3) is 0 Å². The fraction of sp³-hybridized carbons (Fsp3) is 0.167. The molecule has 0 aliphatic carbocycles. The van der Waals surface area contributed by atoms with Crippen LogP contribution in [0.5, 0.6) is 0 Å². The van der Waals surface area contributed by atoms with Crippen molar-refractivity contribution in [1.29, 1.82) is 5.26 Å². The molecule has 0 heterocycles. The van der Waals surface area contributed by atoms with Crippen molar-refractivity contribution in [3.05, 3.63) is 54.1 Å². The van der Waals surface area contributed by atoms with Crippen LogP contribution in [0, 0.1) is 11.3 Å². The van der Waals surface area contributed by atoms with E-state index in [-0.39, 0.29) is 11.8 Å². The molecule has 0 aliphatic heterocycles. The first-order chi connectivity index (χ1) is 11.5. The number of carbonyl (C=O) groups excluding carboxylic acids is 2. The van der Waals surface area contributed by atoms with E-state index in [0.29, 0.717) is 16.9 Å². The molecule has 0 saturated heterocycles. The van der Waals surface area contributed by atoms with E-state index in [1.54, 1.807) is 55.5 Å². The zero-order chi connectivity index (χ0) is 17.5. The van der Waals surface area contributed by atoms with E-state index in [0.717, 1.165) is 5.69 Å². The number of nitrogens with one attached hydrogen (secondary N) is 3. The van der Waals surface area contributed by atoms with Crippen LogP contribution in [0.1, 0.15) is 19.4 Å². The molecule has 1 atom stereocenters. The van der Waals surface area contributed by atoms with Gasteiger partial charge in [0, 0.05) is 24.0 Å². The number of hydrogen-bond acceptors (Lipinski definition) is 4. The molecule has 24 heavy (non-hydrogen) atoms. The number of nitrogens with zero attached hydrogens (tertiary/aromatic N) is 1. The summed E-state index contributed by atoms with van der Waals surface area (Å²) in [5, 5.41) is 17.3. The second kappa shape index (κ2) is 7.79. The molecule has 0 unspecified atom stereocenters. The lowest BCUT2D eigenvalue weighted by Crippen LogP contribution is -2.31. The standard InChI is InChI=1S/C18H18N4O2/c1-12(18(24)22-17-5-3-14(11-19)4-6-17)20-15-7-9-16(10-8-15)21-13(2)23/h3-10,12,20H,1-2H3,(H,21,23)(H,22,24)/t12-/m0/s1. The summed E-state index contributed by atoms with van der Waals surface area (Å²) in [5.41, 5.74) is 2.64. The minimum Gasteiger partial charge on any atom is -0.374 e. The number of nitriles is 1. The highest BCUT2D eigenvalue weighted by Gasteiger charge is 2.12. The summed E-state index contributed by atoms with van der Waals surface area (Å²) in [4.78, 5) is 23.2. The van der Waals surface area contributed by atoms with E-state index in [4.69, 9.17) is 5.26 Å². The third-order valence-corrected chi connectivity index (χ3v) is 3.26. The van der Waals surface area contributed by atoms with E-state index in [1.165, 1.54) is 6.92 Å². The quantitative estimate of drug-likeness (QED) is 0.789. The summed E-state index contributed by atoms with van der Waals surface area (Å²) >= 11 is 0. The third kappa shape index (κ3) is 4.85. The van der Waals surface area contributed by atoms with Gasteiger partial charge < -0.3 is 16.0 Å². The van der Waals surface area contributed by atoms with Crippen molar-refractivity contribution in [3.8, 4) is 6.07 Å². The predicted octanol–water partition coefficient (Wildman–Crippen LogP) is 2.96. The fourth-order valence-corrected chi connectivity index (χ4v) is 2.05. The van der Waals surface area contributed by atoms with Crippen molar-refractivity contribution in [2.24, 2.45) is 0 Å².